The zero-order valence-corrected chi connectivity index (χ0v) is 9.92. The zero-order valence-electron chi connectivity index (χ0n) is 8.41. The van der Waals surface area contributed by atoms with Gasteiger partial charge in [-0.15, -0.1) is 0 Å². The van der Waals surface area contributed by atoms with Crippen molar-refractivity contribution in [3.63, 3.8) is 0 Å². The molecule has 1 rings (SSSR count). The van der Waals surface area contributed by atoms with Crippen molar-refractivity contribution in [2.75, 3.05) is 13.6 Å². The van der Waals surface area contributed by atoms with E-state index in [0.29, 0.717) is 10.0 Å². The average molecular weight is 259 g/mol. The van der Waals surface area contributed by atoms with E-state index in [2.05, 4.69) is 0 Å². The average Bonchev–Trinajstić information content (AvgIpc) is 2.24. The molecule has 0 fully saturated rings. The van der Waals surface area contributed by atoms with Gasteiger partial charge in [0.15, 0.2) is 0 Å². The molecule has 0 heterocycles. The monoisotopic (exact) mass is 258 g/mol. The third-order valence-corrected chi connectivity index (χ3v) is 2.45. The number of carbonyl (C=O) groups excluding carboxylic acids is 1. The minimum absolute atomic E-state index is 0.0415. The summed E-state index contributed by atoms with van der Waals surface area (Å²) in [5.41, 5.74) is 0. The van der Waals surface area contributed by atoms with E-state index in [9.17, 15) is 4.79 Å². The maximum atomic E-state index is 11.4. The van der Waals surface area contributed by atoms with Crippen LogP contribution in [0.1, 0.15) is 0 Å². The van der Waals surface area contributed by atoms with Gasteiger partial charge in [-0.1, -0.05) is 23.2 Å². The molecule has 0 saturated carbocycles. The van der Waals surface area contributed by atoms with Gasteiger partial charge in [-0.2, -0.15) is 5.26 Å². The smallest absolute Gasteiger partial charge is 0.410 e. The van der Waals surface area contributed by atoms with Gasteiger partial charge in [0.2, 0.25) is 0 Å². The lowest BCUT2D eigenvalue weighted by Gasteiger charge is -2.13. The number of benzene rings is 1. The first-order valence-corrected chi connectivity index (χ1v) is 5.05. The topological polar surface area (TPSA) is 53.3 Å². The van der Waals surface area contributed by atoms with Crippen LogP contribution in [-0.4, -0.2) is 24.6 Å². The van der Waals surface area contributed by atoms with E-state index in [4.69, 9.17) is 33.2 Å². The second-order valence-electron chi connectivity index (χ2n) is 2.96. The number of rotatable bonds is 2. The maximum Gasteiger partial charge on any atom is 0.415 e. The minimum Gasteiger partial charge on any atom is -0.410 e. The normalized spacial score (nSPS) is 9.38. The number of hydrogen-bond acceptors (Lipinski definition) is 3. The Morgan fingerprint density at radius 1 is 1.50 bits per heavy atom. The third kappa shape index (κ3) is 3.30. The van der Waals surface area contributed by atoms with Gasteiger partial charge >= 0.3 is 6.09 Å². The van der Waals surface area contributed by atoms with Gasteiger partial charge in [0.1, 0.15) is 12.3 Å². The van der Waals surface area contributed by atoms with E-state index in [1.807, 2.05) is 6.07 Å². The van der Waals surface area contributed by atoms with Crippen LogP contribution in [0.5, 0.6) is 5.75 Å². The molecule has 0 aliphatic heterocycles. The number of amides is 1. The molecule has 0 N–H and O–H groups in total. The molecule has 1 aromatic carbocycles. The highest BCUT2D eigenvalue weighted by Crippen LogP contribution is 2.26. The molecule has 1 aromatic rings. The number of hydrogen-bond donors (Lipinski definition) is 0. The number of nitriles is 1. The predicted molar refractivity (Wildman–Crippen MR) is 60.7 cm³/mol. The molecule has 0 unspecified atom stereocenters. The summed E-state index contributed by atoms with van der Waals surface area (Å²) in [5, 5.41) is 9.08. The first-order valence-electron chi connectivity index (χ1n) is 4.29. The zero-order chi connectivity index (χ0) is 12.1. The van der Waals surface area contributed by atoms with Crippen LogP contribution in [0.2, 0.25) is 10.0 Å². The van der Waals surface area contributed by atoms with Crippen LogP contribution in [-0.2, 0) is 0 Å². The first-order chi connectivity index (χ1) is 7.54. The summed E-state index contributed by atoms with van der Waals surface area (Å²) in [5.74, 6) is 0.282. The van der Waals surface area contributed by atoms with Gasteiger partial charge in [-0.25, -0.2) is 4.79 Å². The van der Waals surface area contributed by atoms with E-state index < -0.39 is 6.09 Å². The summed E-state index contributed by atoms with van der Waals surface area (Å²) in [4.78, 5) is 12.5. The predicted octanol–water partition coefficient (Wildman–Crippen LogP) is 2.95. The Bertz CT molecular complexity index is 443. The molecule has 0 spiro atoms. The molecule has 6 heteroatoms. The fourth-order valence-corrected chi connectivity index (χ4v) is 1.18. The standard InChI is InChI=1S/C10H8Cl2N2O2/c1-14(5-4-13)10(15)16-7-2-3-8(11)9(12)6-7/h2-3,6H,5H2,1H3. The highest BCUT2D eigenvalue weighted by atomic mass is 35.5. The van der Waals surface area contributed by atoms with Gasteiger partial charge in [-0.05, 0) is 12.1 Å². The number of carbonyl (C=O) groups is 1. The highest BCUT2D eigenvalue weighted by molar-refractivity contribution is 6.42. The van der Waals surface area contributed by atoms with E-state index >= 15 is 0 Å². The van der Waals surface area contributed by atoms with Crippen molar-refractivity contribution >= 4 is 29.3 Å². The SMILES string of the molecule is CN(CC#N)C(=O)Oc1ccc(Cl)c(Cl)c1. The quantitative estimate of drug-likeness (QED) is 0.767. The lowest BCUT2D eigenvalue weighted by molar-refractivity contribution is 0.168. The van der Waals surface area contributed by atoms with E-state index in [1.165, 1.54) is 25.2 Å². The molecule has 0 bridgehead atoms. The summed E-state index contributed by atoms with van der Waals surface area (Å²) in [6.45, 7) is -0.0415. The third-order valence-electron chi connectivity index (χ3n) is 1.72. The van der Waals surface area contributed by atoms with Gasteiger partial charge in [0.05, 0.1) is 16.1 Å². The van der Waals surface area contributed by atoms with Crippen LogP contribution >= 0.6 is 23.2 Å². The van der Waals surface area contributed by atoms with Crippen LogP contribution in [0.15, 0.2) is 18.2 Å². The second kappa shape index (κ2) is 5.59. The molecule has 0 aromatic heterocycles. The molecular weight excluding hydrogens is 251 g/mol. The maximum absolute atomic E-state index is 11.4. The van der Waals surface area contributed by atoms with Crippen molar-refractivity contribution in [3.8, 4) is 11.8 Å². The molecule has 1 amide bonds. The highest BCUT2D eigenvalue weighted by Gasteiger charge is 2.11. The van der Waals surface area contributed by atoms with Crippen LogP contribution in [0.4, 0.5) is 4.79 Å². The Hall–Kier alpha value is -1.44. The van der Waals surface area contributed by atoms with Crippen molar-refractivity contribution in [1.29, 1.82) is 5.26 Å². The summed E-state index contributed by atoms with van der Waals surface area (Å²) in [7, 11) is 1.46. The van der Waals surface area contributed by atoms with E-state index in [0.717, 1.165) is 4.90 Å². The number of ether oxygens (including phenoxy) is 1. The lowest BCUT2D eigenvalue weighted by atomic mass is 10.3. The van der Waals surface area contributed by atoms with E-state index in [1.54, 1.807) is 0 Å². The molecule has 0 saturated heterocycles. The number of nitrogens with zero attached hydrogens (tertiary/aromatic N) is 2. The van der Waals surface area contributed by atoms with Gasteiger partial charge in [0, 0.05) is 13.1 Å². The van der Waals surface area contributed by atoms with Crippen molar-refractivity contribution in [1.82, 2.24) is 4.90 Å². The fraction of sp³-hybridized carbons (Fsp3) is 0.200. The molecule has 4 nitrogen and oxygen atoms in total. The molecule has 0 aliphatic carbocycles. The summed E-state index contributed by atoms with van der Waals surface area (Å²) >= 11 is 11.5. The molecular formula is C10H8Cl2N2O2. The molecule has 0 atom stereocenters. The summed E-state index contributed by atoms with van der Waals surface area (Å²) in [6.07, 6.45) is -0.625. The van der Waals surface area contributed by atoms with E-state index in [-0.39, 0.29) is 12.3 Å². The van der Waals surface area contributed by atoms with Crippen molar-refractivity contribution in [2.24, 2.45) is 0 Å². The lowest BCUT2D eigenvalue weighted by Crippen LogP contribution is -2.29. The van der Waals surface area contributed by atoms with Crippen LogP contribution in [0.3, 0.4) is 0 Å². The Balaban J connectivity index is 2.70. The minimum atomic E-state index is -0.625. The van der Waals surface area contributed by atoms with Gasteiger partial charge in [0.25, 0.3) is 0 Å². The Kier molecular flexibility index (Phi) is 4.41. The molecule has 84 valence electrons. The molecule has 16 heavy (non-hydrogen) atoms. The van der Waals surface area contributed by atoms with Crippen molar-refractivity contribution in [3.05, 3.63) is 28.2 Å². The Morgan fingerprint density at radius 3 is 2.75 bits per heavy atom. The van der Waals surface area contributed by atoms with Gasteiger partial charge in [-0.3, -0.25) is 4.90 Å². The van der Waals surface area contributed by atoms with Gasteiger partial charge < -0.3 is 4.74 Å². The van der Waals surface area contributed by atoms with Crippen molar-refractivity contribution in [2.45, 2.75) is 0 Å². The van der Waals surface area contributed by atoms with Crippen LogP contribution < -0.4 is 4.74 Å². The first kappa shape index (κ1) is 12.6. The molecule has 0 aliphatic rings. The number of halogens is 2. The Morgan fingerprint density at radius 2 is 2.19 bits per heavy atom. The largest absolute Gasteiger partial charge is 0.415 e. The molecule has 0 radical (unpaired) electrons. The Labute approximate surface area is 103 Å². The summed E-state index contributed by atoms with van der Waals surface area (Å²) in [6, 6.07) is 6.31. The second-order valence-corrected chi connectivity index (χ2v) is 3.77. The van der Waals surface area contributed by atoms with Crippen LogP contribution in [0.25, 0.3) is 0 Å². The summed E-state index contributed by atoms with van der Waals surface area (Å²) < 4.78 is 4.96. The fourth-order valence-electron chi connectivity index (χ4n) is 0.890. The van der Waals surface area contributed by atoms with Crippen LogP contribution in [0, 0.1) is 11.3 Å². The van der Waals surface area contributed by atoms with Crippen molar-refractivity contribution < 1.29 is 9.53 Å².